The van der Waals surface area contributed by atoms with E-state index in [1.54, 1.807) is 0 Å². The third-order valence-corrected chi connectivity index (χ3v) is 9.58. The van der Waals surface area contributed by atoms with Crippen molar-refractivity contribution in [3.05, 3.63) is 11.6 Å². The summed E-state index contributed by atoms with van der Waals surface area (Å²) in [5, 5.41) is 0.318. The van der Waals surface area contributed by atoms with Gasteiger partial charge in [0.25, 0.3) is 0 Å². The third kappa shape index (κ3) is 3.27. The molecule has 1 aliphatic carbocycles. The lowest BCUT2D eigenvalue weighted by molar-refractivity contribution is 0.254. The summed E-state index contributed by atoms with van der Waals surface area (Å²) in [5.41, 5.74) is 1.86. The van der Waals surface area contributed by atoms with Crippen LogP contribution in [0.25, 0.3) is 0 Å². The lowest BCUT2D eigenvalue weighted by Gasteiger charge is -2.36. The van der Waals surface area contributed by atoms with Crippen LogP contribution in [0.15, 0.2) is 11.6 Å². The van der Waals surface area contributed by atoms with Gasteiger partial charge in [-0.2, -0.15) is 0 Å². The Morgan fingerprint density at radius 1 is 1.22 bits per heavy atom. The zero-order chi connectivity index (χ0) is 14.4. The fourth-order valence-corrected chi connectivity index (χ4v) is 3.34. The van der Waals surface area contributed by atoms with Crippen LogP contribution in [0.1, 0.15) is 48.5 Å². The Bertz CT molecular complexity index is 329. The van der Waals surface area contributed by atoms with Crippen molar-refractivity contribution in [2.45, 2.75) is 66.6 Å². The number of hydrogen-bond acceptors (Lipinski definition) is 1. The van der Waals surface area contributed by atoms with E-state index in [0.29, 0.717) is 22.3 Å². The molecule has 1 rings (SSSR count). The minimum Gasteiger partial charge on any atom is -0.417 e. The van der Waals surface area contributed by atoms with E-state index in [-0.39, 0.29) is 0 Å². The SMILES string of the molecule is CC(C)=C[C@@H]1[C@@H](CO[Si](C)(C)C(C)(C)C)C1(C)C. The van der Waals surface area contributed by atoms with E-state index in [1.807, 2.05) is 0 Å². The first-order chi connectivity index (χ1) is 7.89. The highest BCUT2D eigenvalue weighted by molar-refractivity contribution is 6.74. The molecule has 2 heteroatoms. The van der Waals surface area contributed by atoms with Crippen molar-refractivity contribution < 1.29 is 4.43 Å². The van der Waals surface area contributed by atoms with E-state index in [9.17, 15) is 0 Å². The Hall–Kier alpha value is -0.0831. The summed E-state index contributed by atoms with van der Waals surface area (Å²) in [5.74, 6) is 1.42. The van der Waals surface area contributed by atoms with Gasteiger partial charge in [-0.05, 0) is 49.2 Å². The second kappa shape index (κ2) is 4.79. The molecule has 0 N–H and O–H groups in total. The largest absolute Gasteiger partial charge is 0.417 e. The van der Waals surface area contributed by atoms with Gasteiger partial charge in [-0.15, -0.1) is 0 Å². The summed E-state index contributed by atoms with van der Waals surface area (Å²) in [6.45, 7) is 21.7. The van der Waals surface area contributed by atoms with Crippen LogP contribution in [0.5, 0.6) is 0 Å². The molecule has 0 heterocycles. The molecule has 0 aromatic heterocycles. The highest BCUT2D eigenvalue weighted by Crippen LogP contribution is 2.59. The molecule has 1 saturated carbocycles. The lowest BCUT2D eigenvalue weighted by Crippen LogP contribution is -2.41. The first-order valence-corrected chi connectivity index (χ1v) is 10.1. The average Bonchev–Trinajstić information content (AvgIpc) is 2.61. The van der Waals surface area contributed by atoms with Gasteiger partial charge in [0, 0.05) is 6.61 Å². The Morgan fingerprint density at radius 3 is 2.11 bits per heavy atom. The molecule has 0 spiro atoms. The van der Waals surface area contributed by atoms with Crippen LogP contribution in [0.2, 0.25) is 18.1 Å². The van der Waals surface area contributed by atoms with Crippen molar-refractivity contribution in [3.63, 3.8) is 0 Å². The topological polar surface area (TPSA) is 9.23 Å². The standard InChI is InChI=1S/C16H32OSi/c1-12(2)10-13-14(16(13,6)7)11-17-18(8,9)15(3,4)5/h10,13-14H,11H2,1-9H3/t13-,14-/m1/s1. The summed E-state index contributed by atoms with van der Waals surface area (Å²) in [6.07, 6.45) is 2.43. The van der Waals surface area contributed by atoms with Gasteiger partial charge >= 0.3 is 0 Å². The predicted molar refractivity (Wildman–Crippen MR) is 83.3 cm³/mol. The predicted octanol–water partition coefficient (Wildman–Crippen LogP) is 5.25. The van der Waals surface area contributed by atoms with E-state index < -0.39 is 8.32 Å². The summed E-state index contributed by atoms with van der Waals surface area (Å²) in [6, 6.07) is 0. The van der Waals surface area contributed by atoms with Crippen LogP contribution in [0.4, 0.5) is 0 Å². The van der Waals surface area contributed by atoms with Crippen LogP contribution in [-0.2, 0) is 4.43 Å². The third-order valence-electron chi connectivity index (χ3n) is 5.08. The van der Waals surface area contributed by atoms with Gasteiger partial charge in [0.2, 0.25) is 0 Å². The number of rotatable bonds is 4. The first-order valence-electron chi connectivity index (χ1n) is 7.18. The lowest BCUT2D eigenvalue weighted by atomic mass is 10.1. The second-order valence-corrected chi connectivity index (χ2v) is 13.1. The smallest absolute Gasteiger partial charge is 0.191 e. The molecule has 2 atom stereocenters. The first kappa shape index (κ1) is 16.0. The van der Waals surface area contributed by atoms with Gasteiger partial charge in [0.15, 0.2) is 8.32 Å². The molecule has 18 heavy (non-hydrogen) atoms. The molecule has 0 amide bonds. The van der Waals surface area contributed by atoms with Crippen molar-refractivity contribution in [2.75, 3.05) is 6.61 Å². The van der Waals surface area contributed by atoms with Crippen LogP contribution in [0.3, 0.4) is 0 Å². The molecule has 1 aliphatic rings. The monoisotopic (exact) mass is 268 g/mol. The normalized spacial score (nSPS) is 26.9. The summed E-state index contributed by atoms with van der Waals surface area (Å²) in [4.78, 5) is 0. The van der Waals surface area contributed by atoms with Gasteiger partial charge in [-0.1, -0.05) is 46.3 Å². The van der Waals surface area contributed by atoms with E-state index >= 15 is 0 Å². The van der Waals surface area contributed by atoms with Crippen molar-refractivity contribution >= 4 is 8.32 Å². The summed E-state index contributed by atoms with van der Waals surface area (Å²) < 4.78 is 6.37. The molecule has 0 saturated heterocycles. The van der Waals surface area contributed by atoms with Crippen LogP contribution in [0, 0.1) is 17.3 Å². The molecule has 0 aliphatic heterocycles. The molecule has 1 nitrogen and oxygen atoms in total. The molecule has 0 aromatic carbocycles. The molecule has 0 bridgehead atoms. The number of hydrogen-bond donors (Lipinski definition) is 0. The van der Waals surface area contributed by atoms with Gasteiger partial charge in [-0.25, -0.2) is 0 Å². The maximum absolute atomic E-state index is 6.37. The van der Waals surface area contributed by atoms with Crippen molar-refractivity contribution in [1.82, 2.24) is 0 Å². The minimum absolute atomic E-state index is 0.318. The van der Waals surface area contributed by atoms with E-state index in [1.165, 1.54) is 5.57 Å². The molecular formula is C16H32OSi. The highest BCUT2D eigenvalue weighted by atomic mass is 28.4. The molecule has 1 fully saturated rings. The summed E-state index contributed by atoms with van der Waals surface area (Å²) in [7, 11) is -1.58. The van der Waals surface area contributed by atoms with Crippen molar-refractivity contribution in [3.8, 4) is 0 Å². The Balaban J connectivity index is 2.59. The second-order valence-electron chi connectivity index (χ2n) is 8.27. The van der Waals surface area contributed by atoms with Gasteiger partial charge in [0.1, 0.15) is 0 Å². The summed E-state index contributed by atoms with van der Waals surface area (Å²) >= 11 is 0. The van der Waals surface area contributed by atoms with Gasteiger partial charge < -0.3 is 4.43 Å². The molecule has 106 valence electrons. The minimum atomic E-state index is -1.58. The van der Waals surface area contributed by atoms with Crippen LogP contribution >= 0.6 is 0 Å². The number of allylic oxidation sites excluding steroid dienone is 2. The Morgan fingerprint density at radius 2 is 1.72 bits per heavy atom. The Kier molecular flexibility index (Phi) is 4.25. The maximum atomic E-state index is 6.37. The van der Waals surface area contributed by atoms with Crippen LogP contribution in [-0.4, -0.2) is 14.9 Å². The molecule has 0 aromatic rings. The van der Waals surface area contributed by atoms with Gasteiger partial charge in [0.05, 0.1) is 0 Å². The zero-order valence-electron chi connectivity index (χ0n) is 13.8. The average molecular weight is 269 g/mol. The fraction of sp³-hybridized carbons (Fsp3) is 0.875. The molecular weight excluding hydrogens is 236 g/mol. The van der Waals surface area contributed by atoms with Gasteiger partial charge in [-0.3, -0.25) is 0 Å². The Labute approximate surface area is 115 Å². The quantitative estimate of drug-likeness (QED) is 0.500. The highest BCUT2D eigenvalue weighted by Gasteiger charge is 2.56. The van der Waals surface area contributed by atoms with Crippen LogP contribution < -0.4 is 0 Å². The van der Waals surface area contributed by atoms with E-state index in [4.69, 9.17) is 4.43 Å². The van der Waals surface area contributed by atoms with E-state index in [2.05, 4.69) is 67.6 Å². The zero-order valence-corrected chi connectivity index (χ0v) is 14.8. The molecule has 0 unspecified atom stereocenters. The van der Waals surface area contributed by atoms with E-state index in [0.717, 1.165) is 6.61 Å². The van der Waals surface area contributed by atoms with Crippen molar-refractivity contribution in [1.29, 1.82) is 0 Å². The van der Waals surface area contributed by atoms with Crippen molar-refractivity contribution in [2.24, 2.45) is 17.3 Å². The maximum Gasteiger partial charge on any atom is 0.191 e. The fourth-order valence-electron chi connectivity index (χ4n) is 2.31. The molecule has 0 radical (unpaired) electrons.